The molecule has 1 aromatic rings. The number of carboxylic acid groups (broad SMARTS) is 1. The topological polar surface area (TPSA) is 54.4 Å². The molecule has 5 heteroatoms. The fourth-order valence-electron chi connectivity index (χ4n) is 2.13. The fraction of sp³-hybridized carbons (Fsp3) is 0.385. The predicted octanol–water partition coefficient (Wildman–Crippen LogP) is 3.33. The van der Waals surface area contributed by atoms with E-state index in [0.29, 0.717) is 5.92 Å². The first-order valence-electron chi connectivity index (χ1n) is 5.74. The lowest BCUT2D eigenvalue weighted by Crippen LogP contribution is -2.13. The number of aliphatic carboxylic acids is 1. The van der Waals surface area contributed by atoms with Crippen molar-refractivity contribution in [3.05, 3.63) is 33.8 Å². The number of Topliss-reactive ketones (excluding diaryl/α,β-unsaturated/α-hetero) is 1. The molecule has 0 bridgehead atoms. The van der Waals surface area contributed by atoms with E-state index >= 15 is 0 Å². The Balaban J connectivity index is 2.24. The molecule has 0 atom stereocenters. The number of thioether (sulfide) groups is 1. The minimum Gasteiger partial charge on any atom is -0.475 e. The molecule has 0 aromatic heterocycles. The summed E-state index contributed by atoms with van der Waals surface area (Å²) < 4.78 is 0.839. The first-order chi connectivity index (χ1) is 8.59. The summed E-state index contributed by atoms with van der Waals surface area (Å²) in [6.07, 6.45) is 2.27. The van der Waals surface area contributed by atoms with Crippen LogP contribution in [0.1, 0.15) is 34.7 Å². The van der Waals surface area contributed by atoms with Crippen molar-refractivity contribution in [1.82, 2.24) is 0 Å². The van der Waals surface area contributed by atoms with E-state index in [1.54, 1.807) is 12.1 Å². The van der Waals surface area contributed by atoms with Gasteiger partial charge in [0.05, 0.1) is 0 Å². The van der Waals surface area contributed by atoms with Crippen LogP contribution in [0.25, 0.3) is 0 Å². The fourth-order valence-corrected chi connectivity index (χ4v) is 3.94. The second-order valence-corrected chi connectivity index (χ2v) is 6.34. The molecule has 1 N–H and O–H groups in total. The Labute approximate surface area is 118 Å². The third-order valence-electron chi connectivity index (χ3n) is 3.12. The molecule has 0 radical (unpaired) electrons. The molecule has 1 heterocycles. The second kappa shape index (κ2) is 5.89. The molecular formula is C13H13BrO3S. The van der Waals surface area contributed by atoms with Crippen LogP contribution in [0, 0.1) is 0 Å². The van der Waals surface area contributed by atoms with Gasteiger partial charge in [0.2, 0.25) is 0 Å². The molecule has 96 valence electrons. The molecule has 0 saturated carbocycles. The van der Waals surface area contributed by atoms with Gasteiger partial charge >= 0.3 is 5.97 Å². The van der Waals surface area contributed by atoms with Crippen LogP contribution in [0.2, 0.25) is 0 Å². The number of benzene rings is 1. The van der Waals surface area contributed by atoms with Gasteiger partial charge in [-0.1, -0.05) is 28.1 Å². The Bertz CT molecular complexity index is 481. The molecule has 0 unspecified atom stereocenters. The average molecular weight is 329 g/mol. The Morgan fingerprint density at radius 1 is 1.28 bits per heavy atom. The summed E-state index contributed by atoms with van der Waals surface area (Å²) in [6.45, 7) is 0. The summed E-state index contributed by atoms with van der Waals surface area (Å²) in [5.74, 6) is 0.555. The number of carboxylic acids is 1. The summed E-state index contributed by atoms with van der Waals surface area (Å²) >= 11 is 5.41. The van der Waals surface area contributed by atoms with E-state index in [9.17, 15) is 9.59 Å². The third-order valence-corrected chi connectivity index (χ3v) is 4.85. The first-order valence-corrected chi connectivity index (χ1v) is 7.69. The molecule has 1 fully saturated rings. The number of rotatable bonds is 3. The number of hydrogen-bond donors (Lipinski definition) is 1. The zero-order valence-electron chi connectivity index (χ0n) is 9.69. The molecule has 0 aliphatic carbocycles. The van der Waals surface area contributed by atoms with E-state index in [4.69, 9.17) is 5.11 Å². The van der Waals surface area contributed by atoms with Gasteiger partial charge in [-0.25, -0.2) is 4.79 Å². The molecule has 2 rings (SSSR count). The summed E-state index contributed by atoms with van der Waals surface area (Å²) in [5, 5.41) is 8.68. The predicted molar refractivity (Wildman–Crippen MR) is 75.4 cm³/mol. The van der Waals surface area contributed by atoms with E-state index in [1.807, 2.05) is 17.8 Å². The summed E-state index contributed by atoms with van der Waals surface area (Å²) in [6, 6.07) is 5.10. The van der Waals surface area contributed by atoms with Crippen LogP contribution >= 0.6 is 27.7 Å². The average Bonchev–Trinajstić information content (AvgIpc) is 2.38. The minimum atomic E-state index is -1.41. The van der Waals surface area contributed by atoms with E-state index in [1.165, 1.54) is 5.56 Å². The highest BCUT2D eigenvalue weighted by Gasteiger charge is 2.20. The lowest BCUT2D eigenvalue weighted by Gasteiger charge is -2.23. The van der Waals surface area contributed by atoms with Gasteiger partial charge in [-0.05, 0) is 41.9 Å². The van der Waals surface area contributed by atoms with Crippen LogP contribution in [0.15, 0.2) is 22.7 Å². The maximum Gasteiger partial charge on any atom is 0.377 e. The highest BCUT2D eigenvalue weighted by atomic mass is 79.9. The van der Waals surface area contributed by atoms with Crippen molar-refractivity contribution in [3.63, 3.8) is 0 Å². The van der Waals surface area contributed by atoms with Crippen LogP contribution in [0.3, 0.4) is 0 Å². The zero-order chi connectivity index (χ0) is 13.1. The Morgan fingerprint density at radius 3 is 2.50 bits per heavy atom. The standard InChI is InChI=1S/C13H13BrO3S/c14-11-7-9(12(15)13(16)17)1-2-10(11)8-3-5-18-6-4-8/h1-2,7-8H,3-6H2,(H,16,17). The van der Waals surface area contributed by atoms with Gasteiger partial charge < -0.3 is 5.11 Å². The van der Waals surface area contributed by atoms with E-state index in [0.717, 1.165) is 28.8 Å². The summed E-state index contributed by atoms with van der Waals surface area (Å²) in [5.41, 5.74) is 1.40. The van der Waals surface area contributed by atoms with Crippen LogP contribution < -0.4 is 0 Å². The highest BCUT2D eigenvalue weighted by molar-refractivity contribution is 9.10. The maximum atomic E-state index is 11.4. The van der Waals surface area contributed by atoms with Crippen LogP contribution in [-0.2, 0) is 4.79 Å². The molecule has 1 aliphatic rings. The maximum absolute atomic E-state index is 11.4. The number of carbonyl (C=O) groups excluding carboxylic acids is 1. The van der Waals surface area contributed by atoms with Crippen LogP contribution in [0.5, 0.6) is 0 Å². The van der Waals surface area contributed by atoms with Crippen molar-refractivity contribution >= 4 is 39.4 Å². The molecule has 1 aromatic carbocycles. The van der Waals surface area contributed by atoms with Crippen molar-refractivity contribution in [2.75, 3.05) is 11.5 Å². The van der Waals surface area contributed by atoms with Gasteiger partial charge in [-0.15, -0.1) is 0 Å². The van der Waals surface area contributed by atoms with Gasteiger partial charge in [0.1, 0.15) is 0 Å². The largest absolute Gasteiger partial charge is 0.475 e. The number of ketones is 1. The van der Waals surface area contributed by atoms with E-state index in [-0.39, 0.29) is 5.56 Å². The first kappa shape index (κ1) is 13.6. The van der Waals surface area contributed by atoms with Gasteiger partial charge in [-0.3, -0.25) is 4.79 Å². The number of halogens is 1. The molecule has 0 amide bonds. The van der Waals surface area contributed by atoms with Crippen molar-refractivity contribution in [3.8, 4) is 0 Å². The second-order valence-electron chi connectivity index (χ2n) is 4.26. The quantitative estimate of drug-likeness (QED) is 0.683. The SMILES string of the molecule is O=C(O)C(=O)c1ccc(C2CCSCC2)c(Br)c1. The van der Waals surface area contributed by atoms with Crippen LogP contribution in [0.4, 0.5) is 0 Å². The summed E-state index contributed by atoms with van der Waals surface area (Å²) in [4.78, 5) is 22.0. The molecule has 18 heavy (non-hydrogen) atoms. The number of carbonyl (C=O) groups is 2. The monoisotopic (exact) mass is 328 g/mol. The molecule has 1 aliphatic heterocycles. The van der Waals surface area contributed by atoms with Crippen molar-refractivity contribution in [2.45, 2.75) is 18.8 Å². The number of hydrogen-bond acceptors (Lipinski definition) is 3. The van der Waals surface area contributed by atoms with Crippen molar-refractivity contribution in [2.24, 2.45) is 0 Å². The minimum absolute atomic E-state index is 0.225. The molecular weight excluding hydrogens is 316 g/mol. The van der Waals surface area contributed by atoms with Crippen molar-refractivity contribution in [1.29, 1.82) is 0 Å². The third kappa shape index (κ3) is 2.95. The smallest absolute Gasteiger partial charge is 0.377 e. The Morgan fingerprint density at radius 2 is 1.94 bits per heavy atom. The molecule has 3 nitrogen and oxygen atoms in total. The van der Waals surface area contributed by atoms with E-state index in [2.05, 4.69) is 15.9 Å². The van der Waals surface area contributed by atoms with E-state index < -0.39 is 11.8 Å². The Hall–Kier alpha value is -0.810. The van der Waals surface area contributed by atoms with Gasteiger partial charge in [0, 0.05) is 10.0 Å². The Kier molecular flexibility index (Phi) is 4.45. The lowest BCUT2D eigenvalue weighted by molar-refractivity contribution is -0.131. The normalized spacial score (nSPS) is 16.5. The van der Waals surface area contributed by atoms with Gasteiger partial charge in [-0.2, -0.15) is 11.8 Å². The molecule has 0 spiro atoms. The highest BCUT2D eigenvalue weighted by Crippen LogP contribution is 2.35. The van der Waals surface area contributed by atoms with Gasteiger partial charge in [0.15, 0.2) is 0 Å². The summed E-state index contributed by atoms with van der Waals surface area (Å²) in [7, 11) is 0. The van der Waals surface area contributed by atoms with Gasteiger partial charge in [0.25, 0.3) is 5.78 Å². The van der Waals surface area contributed by atoms with Crippen molar-refractivity contribution < 1.29 is 14.7 Å². The molecule has 1 saturated heterocycles. The zero-order valence-corrected chi connectivity index (χ0v) is 12.1. The lowest BCUT2D eigenvalue weighted by atomic mass is 9.92. The van der Waals surface area contributed by atoms with Crippen LogP contribution in [-0.4, -0.2) is 28.4 Å².